The van der Waals surface area contributed by atoms with Crippen molar-refractivity contribution in [1.29, 1.82) is 0 Å². The molecule has 0 amide bonds. The summed E-state index contributed by atoms with van der Waals surface area (Å²) in [4.78, 5) is 0. The molecule has 1 saturated carbocycles. The predicted molar refractivity (Wildman–Crippen MR) is 89.9 cm³/mol. The number of benzene rings is 4. The lowest BCUT2D eigenvalue weighted by atomic mass is 9.91. The van der Waals surface area contributed by atoms with Gasteiger partial charge in [-0.3, -0.25) is 0 Å². The fourth-order valence-electron chi connectivity index (χ4n) is 4.24. The standard InChI is InChI=1S/C21H14/c1-2-12-4-5-14-8-17-10-15-9-16(15)11-19(17)18-7-6-13(3-1)20(12)21(14)18/h1-8,10-11,15-16H,9H2/t15-,16?/m1/s1. The normalized spacial score (nSPS) is 22.9. The molecule has 98 valence electrons. The fraction of sp³-hybridized carbons (Fsp3) is 0.143. The van der Waals surface area contributed by atoms with Gasteiger partial charge in [0, 0.05) is 0 Å². The molecule has 0 aliphatic heterocycles. The van der Waals surface area contributed by atoms with E-state index in [1.807, 2.05) is 0 Å². The second-order valence-corrected chi connectivity index (χ2v) is 6.63. The first-order valence-corrected chi connectivity index (χ1v) is 7.79. The molecule has 1 unspecified atom stereocenters. The van der Waals surface area contributed by atoms with Crippen LogP contribution in [0, 0.1) is 11.8 Å². The molecule has 0 N–H and O–H groups in total. The molecule has 6 rings (SSSR count). The van der Waals surface area contributed by atoms with Gasteiger partial charge in [0.25, 0.3) is 0 Å². The van der Waals surface area contributed by atoms with Crippen molar-refractivity contribution in [3.63, 3.8) is 0 Å². The fourth-order valence-corrected chi connectivity index (χ4v) is 4.24. The van der Waals surface area contributed by atoms with Crippen molar-refractivity contribution in [2.24, 2.45) is 11.8 Å². The molecule has 0 aromatic heterocycles. The number of hydrogen-bond donors (Lipinski definition) is 0. The van der Waals surface area contributed by atoms with E-state index < -0.39 is 0 Å². The molecule has 0 bridgehead atoms. The average molecular weight is 266 g/mol. The quantitative estimate of drug-likeness (QED) is 0.425. The van der Waals surface area contributed by atoms with Gasteiger partial charge in [-0.15, -0.1) is 0 Å². The summed E-state index contributed by atoms with van der Waals surface area (Å²) >= 11 is 0. The van der Waals surface area contributed by atoms with Crippen molar-refractivity contribution in [2.45, 2.75) is 6.42 Å². The third-order valence-electron chi connectivity index (χ3n) is 5.39. The lowest BCUT2D eigenvalue weighted by Crippen LogP contribution is -2.28. The molecule has 0 nitrogen and oxygen atoms in total. The van der Waals surface area contributed by atoms with Crippen LogP contribution in [0.4, 0.5) is 0 Å². The Morgan fingerprint density at radius 3 is 2.38 bits per heavy atom. The van der Waals surface area contributed by atoms with E-state index in [1.165, 1.54) is 49.2 Å². The second-order valence-electron chi connectivity index (χ2n) is 6.63. The van der Waals surface area contributed by atoms with Gasteiger partial charge in [0.05, 0.1) is 0 Å². The van der Waals surface area contributed by atoms with Crippen LogP contribution in [0.1, 0.15) is 6.42 Å². The van der Waals surface area contributed by atoms with Crippen LogP contribution < -0.4 is 10.4 Å². The van der Waals surface area contributed by atoms with Crippen molar-refractivity contribution in [2.75, 3.05) is 0 Å². The Labute approximate surface area is 122 Å². The van der Waals surface area contributed by atoms with Gasteiger partial charge in [-0.1, -0.05) is 54.6 Å². The molecule has 1 fully saturated rings. The van der Waals surface area contributed by atoms with E-state index in [-0.39, 0.29) is 0 Å². The van der Waals surface area contributed by atoms with Crippen LogP contribution in [0.3, 0.4) is 0 Å². The van der Waals surface area contributed by atoms with E-state index in [0.29, 0.717) is 0 Å². The summed E-state index contributed by atoms with van der Waals surface area (Å²) in [7, 11) is 0. The van der Waals surface area contributed by atoms with Gasteiger partial charge in [-0.25, -0.2) is 0 Å². The Bertz CT molecular complexity index is 1150. The lowest BCUT2D eigenvalue weighted by Gasteiger charge is -2.12. The minimum absolute atomic E-state index is 0.802. The van der Waals surface area contributed by atoms with Gasteiger partial charge >= 0.3 is 0 Å². The van der Waals surface area contributed by atoms with Crippen LogP contribution >= 0.6 is 0 Å². The van der Waals surface area contributed by atoms with Gasteiger partial charge in [0.15, 0.2) is 0 Å². The minimum atomic E-state index is 0.802. The second kappa shape index (κ2) is 3.28. The van der Waals surface area contributed by atoms with Crippen molar-refractivity contribution < 1.29 is 0 Å². The van der Waals surface area contributed by atoms with Gasteiger partial charge in [-0.2, -0.15) is 0 Å². The van der Waals surface area contributed by atoms with E-state index >= 15 is 0 Å². The molecule has 0 radical (unpaired) electrons. The van der Waals surface area contributed by atoms with Gasteiger partial charge < -0.3 is 0 Å². The molecule has 0 heteroatoms. The van der Waals surface area contributed by atoms with Gasteiger partial charge in [0.2, 0.25) is 0 Å². The summed E-state index contributed by atoms with van der Waals surface area (Å²) in [5, 5.41) is 11.3. The topological polar surface area (TPSA) is 0 Å². The number of hydrogen-bond acceptors (Lipinski definition) is 0. The molecule has 0 spiro atoms. The van der Waals surface area contributed by atoms with Crippen molar-refractivity contribution in [3.8, 4) is 0 Å². The van der Waals surface area contributed by atoms with Crippen LogP contribution in [-0.4, -0.2) is 0 Å². The first-order chi connectivity index (χ1) is 10.4. The van der Waals surface area contributed by atoms with E-state index in [2.05, 4.69) is 60.7 Å². The van der Waals surface area contributed by atoms with Gasteiger partial charge in [0.1, 0.15) is 0 Å². The van der Waals surface area contributed by atoms with Crippen molar-refractivity contribution >= 4 is 44.5 Å². The average Bonchev–Trinajstić information content (AvgIpc) is 3.28. The zero-order valence-corrected chi connectivity index (χ0v) is 11.6. The SMILES string of the molecule is C1=c2cc3ccc4cccc5ccc(c2=CC2C[C@H]12)c3c45. The maximum absolute atomic E-state index is 2.52. The zero-order valence-electron chi connectivity index (χ0n) is 11.6. The molecule has 2 aliphatic rings. The monoisotopic (exact) mass is 266 g/mol. The van der Waals surface area contributed by atoms with E-state index in [9.17, 15) is 0 Å². The Morgan fingerprint density at radius 1 is 0.714 bits per heavy atom. The highest BCUT2D eigenvalue weighted by atomic mass is 14.4. The Morgan fingerprint density at radius 2 is 1.48 bits per heavy atom. The maximum atomic E-state index is 2.52. The summed E-state index contributed by atoms with van der Waals surface area (Å²) in [6.07, 6.45) is 6.36. The highest BCUT2D eigenvalue weighted by molar-refractivity contribution is 6.23. The Kier molecular flexibility index (Phi) is 1.62. The van der Waals surface area contributed by atoms with E-state index in [0.717, 1.165) is 11.8 Å². The van der Waals surface area contributed by atoms with Crippen LogP contribution in [0.25, 0.3) is 44.5 Å². The minimum Gasteiger partial charge on any atom is -0.0729 e. The van der Waals surface area contributed by atoms with Crippen LogP contribution in [0.2, 0.25) is 0 Å². The zero-order chi connectivity index (χ0) is 13.6. The summed E-state index contributed by atoms with van der Waals surface area (Å²) in [6.45, 7) is 0. The smallest absolute Gasteiger partial charge is 0.00205 e. The first-order valence-electron chi connectivity index (χ1n) is 7.79. The predicted octanol–water partition coefficient (Wildman–Crippen LogP) is 3.79. The lowest BCUT2D eigenvalue weighted by molar-refractivity contribution is 1.07. The Balaban J connectivity index is 2.00. The molecular weight excluding hydrogens is 252 g/mol. The third kappa shape index (κ3) is 1.22. The molecule has 2 atom stereocenters. The van der Waals surface area contributed by atoms with Crippen LogP contribution in [0.15, 0.2) is 48.5 Å². The number of rotatable bonds is 0. The van der Waals surface area contributed by atoms with Gasteiger partial charge in [-0.05, 0) is 67.1 Å². The molecular formula is C21H14. The van der Waals surface area contributed by atoms with Crippen LogP contribution in [-0.2, 0) is 0 Å². The highest BCUT2D eigenvalue weighted by Crippen LogP contribution is 2.42. The Hall–Kier alpha value is -2.34. The molecule has 4 aromatic carbocycles. The summed E-state index contributed by atoms with van der Waals surface area (Å²) in [6, 6.07) is 18.2. The maximum Gasteiger partial charge on any atom is -0.00205 e. The molecule has 2 aliphatic carbocycles. The summed E-state index contributed by atoms with van der Waals surface area (Å²) in [5.41, 5.74) is 0. The summed E-state index contributed by atoms with van der Waals surface area (Å²) in [5.74, 6) is 1.61. The molecule has 4 aromatic rings. The third-order valence-corrected chi connectivity index (χ3v) is 5.39. The van der Waals surface area contributed by atoms with E-state index in [4.69, 9.17) is 0 Å². The first kappa shape index (κ1) is 10.4. The van der Waals surface area contributed by atoms with Crippen molar-refractivity contribution in [1.82, 2.24) is 0 Å². The summed E-state index contributed by atoms with van der Waals surface area (Å²) < 4.78 is 0. The van der Waals surface area contributed by atoms with E-state index in [1.54, 1.807) is 0 Å². The number of fused-ring (bicyclic) bond motifs is 3. The largest absolute Gasteiger partial charge is 0.0729 e. The van der Waals surface area contributed by atoms with Crippen LogP contribution in [0.5, 0.6) is 0 Å². The molecule has 0 saturated heterocycles. The molecule has 0 heterocycles. The highest BCUT2D eigenvalue weighted by Gasteiger charge is 2.34. The molecule has 21 heavy (non-hydrogen) atoms. The van der Waals surface area contributed by atoms with Crippen molar-refractivity contribution in [3.05, 3.63) is 59.0 Å².